The lowest BCUT2D eigenvalue weighted by Crippen LogP contribution is -2.32. The van der Waals surface area contributed by atoms with Gasteiger partial charge in [-0.2, -0.15) is 0 Å². The maximum atomic E-state index is 15.6. The second-order valence-corrected chi connectivity index (χ2v) is 11.2. The molecule has 1 heterocycles. The van der Waals surface area contributed by atoms with Gasteiger partial charge in [-0.1, -0.05) is 11.6 Å². The summed E-state index contributed by atoms with van der Waals surface area (Å²) in [6, 6.07) is 12.2. The SMILES string of the molecule is COc1ccc(CN(c2ccncn2)S(=O)(=O)c2cc(C)c(N[C@@H](C)c3cc(Cl)ccc3F)cc2F)c(OC)c1. The quantitative estimate of drug-likeness (QED) is 0.232. The fourth-order valence-electron chi connectivity index (χ4n) is 4.14. The number of rotatable bonds is 10. The highest BCUT2D eigenvalue weighted by molar-refractivity contribution is 7.92. The number of methoxy groups -OCH3 is 2. The van der Waals surface area contributed by atoms with E-state index in [9.17, 15) is 12.8 Å². The van der Waals surface area contributed by atoms with Crippen LogP contribution in [0.2, 0.25) is 5.02 Å². The standard InChI is InChI=1S/C28H27ClF2N4O4S/c1-17-11-27(24(31)14-25(17)34-18(2)22-12-20(29)6-8-23(22)30)40(36,37)35(28-9-10-32-16-33-28)15-19-5-7-21(38-3)13-26(19)39-4/h5-14,16,18,34H,15H2,1-4H3/t18-/m0/s1. The number of anilines is 2. The van der Waals surface area contributed by atoms with E-state index in [1.165, 1.54) is 57.1 Å². The smallest absolute Gasteiger partial charge is 0.268 e. The van der Waals surface area contributed by atoms with Crippen LogP contribution in [0.3, 0.4) is 0 Å². The zero-order chi connectivity index (χ0) is 29.0. The van der Waals surface area contributed by atoms with Crippen molar-refractivity contribution >= 4 is 33.1 Å². The first kappa shape index (κ1) is 29.0. The molecule has 0 bridgehead atoms. The number of nitrogens with one attached hydrogen (secondary N) is 1. The topological polar surface area (TPSA) is 93.7 Å². The molecular formula is C28H27ClF2N4O4S. The van der Waals surface area contributed by atoms with Gasteiger partial charge in [0.2, 0.25) is 0 Å². The maximum absolute atomic E-state index is 15.6. The molecular weight excluding hydrogens is 562 g/mol. The highest BCUT2D eigenvalue weighted by Gasteiger charge is 2.31. The van der Waals surface area contributed by atoms with E-state index in [4.69, 9.17) is 21.1 Å². The van der Waals surface area contributed by atoms with Gasteiger partial charge in [0.1, 0.15) is 40.2 Å². The first-order valence-corrected chi connectivity index (χ1v) is 13.9. The van der Waals surface area contributed by atoms with Crippen LogP contribution in [0.15, 0.2) is 72.0 Å². The van der Waals surface area contributed by atoms with Crippen LogP contribution in [-0.2, 0) is 16.6 Å². The van der Waals surface area contributed by atoms with Crippen LogP contribution < -0.4 is 19.1 Å². The van der Waals surface area contributed by atoms with E-state index in [-0.39, 0.29) is 17.9 Å². The zero-order valence-electron chi connectivity index (χ0n) is 22.2. The van der Waals surface area contributed by atoms with E-state index in [0.29, 0.717) is 33.3 Å². The monoisotopic (exact) mass is 588 g/mol. The molecule has 8 nitrogen and oxygen atoms in total. The zero-order valence-corrected chi connectivity index (χ0v) is 23.7. The molecule has 0 aliphatic rings. The first-order chi connectivity index (χ1) is 19.0. The van der Waals surface area contributed by atoms with Gasteiger partial charge in [0.05, 0.1) is 26.8 Å². The number of nitrogens with zero attached hydrogens (tertiary/aromatic N) is 3. The Labute approximate surface area is 236 Å². The molecule has 0 amide bonds. The van der Waals surface area contributed by atoms with E-state index in [1.807, 2.05) is 0 Å². The van der Waals surface area contributed by atoms with E-state index in [0.717, 1.165) is 10.4 Å². The Balaban J connectivity index is 1.73. The molecule has 0 saturated carbocycles. The van der Waals surface area contributed by atoms with E-state index in [2.05, 4.69) is 15.3 Å². The lowest BCUT2D eigenvalue weighted by Gasteiger charge is -2.25. The molecule has 4 rings (SSSR count). The Kier molecular flexibility index (Phi) is 8.75. The van der Waals surface area contributed by atoms with Gasteiger partial charge in [-0.25, -0.2) is 31.5 Å². The van der Waals surface area contributed by atoms with Crippen molar-refractivity contribution in [2.45, 2.75) is 31.3 Å². The molecule has 12 heteroatoms. The molecule has 0 radical (unpaired) electrons. The maximum Gasteiger partial charge on any atom is 0.268 e. The van der Waals surface area contributed by atoms with Crippen LogP contribution >= 0.6 is 11.6 Å². The van der Waals surface area contributed by atoms with Crippen molar-refractivity contribution in [3.05, 3.63) is 100 Å². The van der Waals surface area contributed by atoms with Gasteiger partial charge in [0, 0.05) is 40.2 Å². The summed E-state index contributed by atoms with van der Waals surface area (Å²) < 4.78 is 69.5. The number of aromatic nitrogens is 2. The predicted molar refractivity (Wildman–Crippen MR) is 150 cm³/mol. The average Bonchev–Trinajstić information content (AvgIpc) is 2.94. The molecule has 0 aliphatic carbocycles. The van der Waals surface area contributed by atoms with Crippen molar-refractivity contribution in [3.8, 4) is 11.5 Å². The third-order valence-electron chi connectivity index (χ3n) is 6.27. The summed E-state index contributed by atoms with van der Waals surface area (Å²) in [5, 5.41) is 3.40. The third kappa shape index (κ3) is 6.10. The van der Waals surface area contributed by atoms with Crippen molar-refractivity contribution < 1.29 is 26.7 Å². The summed E-state index contributed by atoms with van der Waals surface area (Å²) in [5.74, 6) is -0.526. The van der Waals surface area contributed by atoms with Crippen LogP contribution in [0.4, 0.5) is 20.3 Å². The van der Waals surface area contributed by atoms with Crippen molar-refractivity contribution in [1.82, 2.24) is 9.97 Å². The molecule has 0 saturated heterocycles. The Morgan fingerprint density at radius 2 is 1.80 bits per heavy atom. The highest BCUT2D eigenvalue weighted by atomic mass is 35.5. The van der Waals surface area contributed by atoms with Crippen molar-refractivity contribution in [2.24, 2.45) is 0 Å². The lowest BCUT2D eigenvalue weighted by atomic mass is 10.1. The van der Waals surface area contributed by atoms with Gasteiger partial charge in [-0.3, -0.25) is 0 Å². The highest BCUT2D eigenvalue weighted by Crippen LogP contribution is 2.33. The minimum absolute atomic E-state index is 0.0391. The minimum Gasteiger partial charge on any atom is -0.497 e. The van der Waals surface area contributed by atoms with Crippen molar-refractivity contribution in [3.63, 3.8) is 0 Å². The van der Waals surface area contributed by atoms with Crippen LogP contribution in [0.5, 0.6) is 11.5 Å². The molecule has 0 aliphatic heterocycles. The molecule has 0 fully saturated rings. The summed E-state index contributed by atoms with van der Waals surface area (Å²) in [6.07, 6.45) is 2.59. The second-order valence-electron chi connectivity index (χ2n) is 8.89. The van der Waals surface area contributed by atoms with E-state index >= 15 is 4.39 Å². The van der Waals surface area contributed by atoms with Gasteiger partial charge in [0.15, 0.2) is 0 Å². The molecule has 40 heavy (non-hydrogen) atoms. The number of hydrogen-bond acceptors (Lipinski definition) is 7. The van der Waals surface area contributed by atoms with Crippen LogP contribution in [-0.4, -0.2) is 32.6 Å². The number of aryl methyl sites for hydroxylation is 1. The van der Waals surface area contributed by atoms with Crippen molar-refractivity contribution in [2.75, 3.05) is 23.8 Å². The fraction of sp³-hybridized carbons (Fsp3) is 0.214. The summed E-state index contributed by atoms with van der Waals surface area (Å²) in [5.41, 5.74) is 1.51. The summed E-state index contributed by atoms with van der Waals surface area (Å²) >= 11 is 6.01. The molecule has 4 aromatic rings. The van der Waals surface area contributed by atoms with E-state index in [1.54, 1.807) is 32.0 Å². The number of halogens is 3. The minimum atomic E-state index is -4.48. The Hall–Kier alpha value is -3.96. The summed E-state index contributed by atoms with van der Waals surface area (Å²) in [6.45, 7) is 3.11. The second kappa shape index (κ2) is 12.1. The molecule has 3 aromatic carbocycles. The number of ether oxygens (including phenoxy) is 2. The van der Waals surface area contributed by atoms with Gasteiger partial charge in [-0.15, -0.1) is 0 Å². The average molecular weight is 589 g/mol. The van der Waals surface area contributed by atoms with Crippen molar-refractivity contribution in [1.29, 1.82) is 0 Å². The van der Waals surface area contributed by atoms with Gasteiger partial charge >= 0.3 is 0 Å². The summed E-state index contributed by atoms with van der Waals surface area (Å²) in [4.78, 5) is 7.41. The third-order valence-corrected chi connectivity index (χ3v) is 8.27. The largest absolute Gasteiger partial charge is 0.497 e. The molecule has 1 aromatic heterocycles. The van der Waals surface area contributed by atoms with Crippen LogP contribution in [0.25, 0.3) is 0 Å². The van der Waals surface area contributed by atoms with Crippen LogP contribution in [0, 0.1) is 18.6 Å². The van der Waals surface area contributed by atoms with Gasteiger partial charge in [0.25, 0.3) is 10.0 Å². The number of hydrogen-bond donors (Lipinski definition) is 1. The molecule has 1 atom stereocenters. The molecule has 0 spiro atoms. The van der Waals surface area contributed by atoms with Gasteiger partial charge < -0.3 is 14.8 Å². The number of benzene rings is 3. The van der Waals surface area contributed by atoms with Crippen LogP contribution in [0.1, 0.15) is 29.7 Å². The lowest BCUT2D eigenvalue weighted by molar-refractivity contribution is 0.391. The normalized spacial score (nSPS) is 12.1. The molecule has 210 valence electrons. The first-order valence-electron chi connectivity index (χ1n) is 12.1. The fourth-order valence-corrected chi connectivity index (χ4v) is 5.85. The van der Waals surface area contributed by atoms with Gasteiger partial charge in [-0.05, 0) is 61.9 Å². The molecule has 0 unspecified atom stereocenters. The molecule has 1 N–H and O–H groups in total. The summed E-state index contributed by atoms with van der Waals surface area (Å²) in [7, 11) is -1.53. The predicted octanol–water partition coefficient (Wildman–Crippen LogP) is 6.30. The Morgan fingerprint density at radius 3 is 2.48 bits per heavy atom. The Bertz CT molecular complexity index is 1620. The van der Waals surface area contributed by atoms with E-state index < -0.39 is 32.6 Å². The Morgan fingerprint density at radius 1 is 1.02 bits per heavy atom. The number of sulfonamides is 1.